The summed E-state index contributed by atoms with van der Waals surface area (Å²) in [6.07, 6.45) is 0. The molecule has 0 bridgehead atoms. The molecular weight excluding hydrogens is 393 g/mol. The first-order valence-corrected chi connectivity index (χ1v) is 9.91. The first-order valence-electron chi connectivity index (χ1n) is 9.91. The highest BCUT2D eigenvalue weighted by Crippen LogP contribution is 2.33. The summed E-state index contributed by atoms with van der Waals surface area (Å²) >= 11 is 0. The Balaban J connectivity index is 1.79. The molecule has 0 saturated heterocycles. The third-order valence-electron chi connectivity index (χ3n) is 5.46. The van der Waals surface area contributed by atoms with Gasteiger partial charge in [-0.2, -0.15) is 5.26 Å². The zero-order valence-corrected chi connectivity index (χ0v) is 17.6. The molecule has 2 heterocycles. The van der Waals surface area contributed by atoms with Crippen molar-refractivity contribution < 1.29 is 13.9 Å². The smallest absolute Gasteiger partial charge is 0.240 e. The number of ether oxygens (including phenoxy) is 2. The average molecular weight is 415 g/mol. The van der Waals surface area contributed by atoms with E-state index in [1.54, 1.807) is 25.3 Å². The Labute approximate surface area is 180 Å². The van der Waals surface area contributed by atoms with Crippen molar-refractivity contribution in [3.05, 3.63) is 88.5 Å². The molecule has 0 aliphatic rings. The number of benzene rings is 2. The zero-order valence-electron chi connectivity index (χ0n) is 17.6. The van der Waals surface area contributed by atoms with Crippen LogP contribution in [-0.2, 0) is 13.2 Å². The van der Waals surface area contributed by atoms with Gasteiger partial charge in [-0.25, -0.2) is 9.37 Å². The number of rotatable bonds is 6. The van der Waals surface area contributed by atoms with Crippen LogP contribution in [0.3, 0.4) is 0 Å². The van der Waals surface area contributed by atoms with Gasteiger partial charge in [-0.3, -0.25) is 0 Å². The van der Waals surface area contributed by atoms with Gasteiger partial charge in [-0.15, -0.1) is 0 Å². The molecule has 0 aliphatic heterocycles. The largest absolute Gasteiger partial charge is 0.497 e. The lowest BCUT2D eigenvalue weighted by Gasteiger charge is -2.13. The number of hydrogen-bond acceptors (Lipinski definition) is 4. The van der Waals surface area contributed by atoms with E-state index in [0.29, 0.717) is 18.1 Å². The molecule has 0 aliphatic carbocycles. The molecule has 0 unspecified atom stereocenters. The number of methoxy groups -OCH3 is 1. The van der Waals surface area contributed by atoms with E-state index >= 15 is 0 Å². The minimum absolute atomic E-state index is 0.222. The summed E-state index contributed by atoms with van der Waals surface area (Å²) in [4.78, 5) is 4.44. The van der Waals surface area contributed by atoms with Gasteiger partial charge in [0.05, 0.1) is 7.11 Å². The highest BCUT2D eigenvalue weighted by Gasteiger charge is 2.19. The lowest BCUT2D eigenvalue weighted by molar-refractivity contribution is 0.296. The van der Waals surface area contributed by atoms with E-state index in [4.69, 9.17) is 9.47 Å². The second-order valence-electron chi connectivity index (χ2n) is 7.38. The fraction of sp³-hybridized carbons (Fsp3) is 0.200. The van der Waals surface area contributed by atoms with E-state index in [2.05, 4.69) is 15.6 Å². The monoisotopic (exact) mass is 415 g/mol. The third-order valence-corrected chi connectivity index (χ3v) is 5.46. The van der Waals surface area contributed by atoms with Crippen molar-refractivity contribution in [3.63, 3.8) is 0 Å². The average Bonchev–Trinajstić information content (AvgIpc) is 3.03. The van der Waals surface area contributed by atoms with Crippen LogP contribution in [0, 0.1) is 31.0 Å². The van der Waals surface area contributed by atoms with Crippen LogP contribution in [0.4, 0.5) is 4.39 Å². The molecule has 6 heteroatoms. The van der Waals surface area contributed by atoms with Crippen molar-refractivity contribution in [2.45, 2.75) is 27.0 Å². The second kappa shape index (κ2) is 8.49. The maximum absolute atomic E-state index is 13.2. The minimum Gasteiger partial charge on any atom is -0.497 e. The van der Waals surface area contributed by atoms with Crippen LogP contribution >= 0.6 is 0 Å². The van der Waals surface area contributed by atoms with Crippen molar-refractivity contribution in [1.82, 2.24) is 9.55 Å². The van der Waals surface area contributed by atoms with Crippen LogP contribution in [0.1, 0.15) is 28.1 Å². The molecule has 0 amide bonds. The quantitative estimate of drug-likeness (QED) is 0.429. The summed E-state index contributed by atoms with van der Waals surface area (Å²) in [7, 11) is 1.65. The Morgan fingerprint density at radius 3 is 2.55 bits per heavy atom. The van der Waals surface area contributed by atoms with Crippen molar-refractivity contribution in [1.29, 1.82) is 5.26 Å². The molecule has 0 atom stereocenters. The van der Waals surface area contributed by atoms with E-state index in [0.717, 1.165) is 39.0 Å². The molecule has 2 aromatic heterocycles. The number of fused-ring (bicyclic) bond motifs is 1. The molecule has 0 fully saturated rings. The predicted octanol–water partition coefficient (Wildman–Crippen LogP) is 5.30. The summed E-state index contributed by atoms with van der Waals surface area (Å²) in [5, 5.41) is 10.4. The molecule has 0 N–H and O–H groups in total. The van der Waals surface area contributed by atoms with E-state index in [9.17, 15) is 9.65 Å². The number of hydrogen-bond donors (Lipinski definition) is 0. The van der Waals surface area contributed by atoms with Crippen molar-refractivity contribution in [2.75, 3.05) is 7.11 Å². The van der Waals surface area contributed by atoms with Crippen molar-refractivity contribution in [2.24, 2.45) is 0 Å². The van der Waals surface area contributed by atoms with E-state index < -0.39 is 0 Å². The van der Waals surface area contributed by atoms with Gasteiger partial charge in [-0.1, -0.05) is 24.3 Å². The summed E-state index contributed by atoms with van der Waals surface area (Å²) < 4.78 is 26.8. The second-order valence-corrected chi connectivity index (χ2v) is 7.38. The first kappa shape index (κ1) is 20.4. The number of nitriles is 1. The molecule has 0 spiro atoms. The van der Waals surface area contributed by atoms with Gasteiger partial charge in [0.15, 0.2) is 0 Å². The highest BCUT2D eigenvalue weighted by molar-refractivity contribution is 5.90. The molecule has 0 saturated carbocycles. The summed E-state index contributed by atoms with van der Waals surface area (Å²) in [5.41, 5.74) is 5.16. The molecular formula is C25H22FN3O2. The summed E-state index contributed by atoms with van der Waals surface area (Å²) in [6, 6.07) is 18.0. The van der Waals surface area contributed by atoms with Gasteiger partial charge in [-0.05, 0) is 60.9 Å². The molecule has 5 nitrogen and oxygen atoms in total. The summed E-state index contributed by atoms with van der Waals surface area (Å²) in [5.74, 6) is 0.882. The Hall–Kier alpha value is -3.85. The lowest BCUT2D eigenvalue weighted by Crippen LogP contribution is -2.06. The van der Waals surface area contributed by atoms with Crippen LogP contribution in [0.2, 0.25) is 0 Å². The SMILES string of the molecule is COc1cccc(Cn2c(C)c(C)c3cc(C#N)nc(OCc4ccc(F)cc4)c32)c1. The zero-order chi connectivity index (χ0) is 22.0. The molecule has 31 heavy (non-hydrogen) atoms. The number of aryl methyl sites for hydroxylation is 1. The molecule has 4 rings (SSSR count). The van der Waals surface area contributed by atoms with Crippen LogP contribution in [0.5, 0.6) is 11.6 Å². The molecule has 0 radical (unpaired) electrons. The maximum Gasteiger partial charge on any atom is 0.240 e. The van der Waals surface area contributed by atoms with E-state index in [1.165, 1.54) is 12.1 Å². The maximum atomic E-state index is 13.2. The Morgan fingerprint density at radius 2 is 1.84 bits per heavy atom. The lowest BCUT2D eigenvalue weighted by atomic mass is 10.1. The van der Waals surface area contributed by atoms with Gasteiger partial charge < -0.3 is 14.0 Å². The topological polar surface area (TPSA) is 60.1 Å². The fourth-order valence-corrected chi connectivity index (χ4v) is 3.67. The van der Waals surface area contributed by atoms with Gasteiger partial charge in [0.25, 0.3) is 0 Å². The normalized spacial score (nSPS) is 10.8. The Morgan fingerprint density at radius 1 is 1.06 bits per heavy atom. The molecule has 2 aromatic carbocycles. The number of halogens is 1. The van der Waals surface area contributed by atoms with E-state index in [1.807, 2.05) is 38.1 Å². The Kier molecular flexibility index (Phi) is 5.59. The van der Waals surface area contributed by atoms with E-state index in [-0.39, 0.29) is 12.4 Å². The van der Waals surface area contributed by atoms with Crippen molar-refractivity contribution in [3.8, 4) is 17.7 Å². The highest BCUT2D eigenvalue weighted by atomic mass is 19.1. The van der Waals surface area contributed by atoms with Gasteiger partial charge in [0.1, 0.15) is 35.5 Å². The van der Waals surface area contributed by atoms with Crippen LogP contribution in [0.15, 0.2) is 54.6 Å². The fourth-order valence-electron chi connectivity index (χ4n) is 3.67. The minimum atomic E-state index is -0.297. The van der Waals surface area contributed by atoms with Gasteiger partial charge in [0.2, 0.25) is 5.88 Å². The standard InChI is InChI=1S/C25H22FN3O2/c1-16-17(2)29(14-19-5-4-6-22(11-19)30-3)24-23(16)12-21(13-27)28-25(24)31-15-18-7-9-20(26)10-8-18/h4-12H,14-15H2,1-3H3. The van der Waals surface area contributed by atoms with Crippen LogP contribution in [0.25, 0.3) is 10.9 Å². The first-order chi connectivity index (χ1) is 15.0. The van der Waals surface area contributed by atoms with Crippen molar-refractivity contribution >= 4 is 10.9 Å². The van der Waals surface area contributed by atoms with Gasteiger partial charge in [0, 0.05) is 17.6 Å². The predicted molar refractivity (Wildman–Crippen MR) is 117 cm³/mol. The van der Waals surface area contributed by atoms with Crippen LogP contribution in [-0.4, -0.2) is 16.7 Å². The number of aromatic nitrogens is 2. The van der Waals surface area contributed by atoms with Crippen LogP contribution < -0.4 is 9.47 Å². The number of pyridine rings is 1. The molecule has 4 aromatic rings. The number of nitrogens with zero attached hydrogens (tertiary/aromatic N) is 3. The Bertz CT molecular complexity index is 1290. The van der Waals surface area contributed by atoms with Gasteiger partial charge >= 0.3 is 0 Å². The molecule has 156 valence electrons. The summed E-state index contributed by atoms with van der Waals surface area (Å²) in [6.45, 7) is 4.91. The third kappa shape index (κ3) is 4.08.